The third-order valence-corrected chi connectivity index (χ3v) is 4.78. The lowest BCUT2D eigenvalue weighted by Crippen LogP contribution is -2.30. The fourth-order valence-corrected chi connectivity index (χ4v) is 3.14. The van der Waals surface area contributed by atoms with E-state index in [4.69, 9.17) is 9.15 Å². The Labute approximate surface area is 179 Å². The molecule has 0 fully saturated rings. The van der Waals surface area contributed by atoms with Crippen molar-refractivity contribution in [2.24, 2.45) is 0 Å². The van der Waals surface area contributed by atoms with Crippen molar-refractivity contribution in [3.8, 4) is 5.75 Å². The van der Waals surface area contributed by atoms with E-state index in [1.165, 1.54) is 0 Å². The molecule has 0 saturated heterocycles. The quantitative estimate of drug-likeness (QED) is 0.443. The van der Waals surface area contributed by atoms with Crippen molar-refractivity contribution in [1.82, 2.24) is 0 Å². The largest absolute Gasteiger partial charge is 0.481 e. The highest BCUT2D eigenvalue weighted by Crippen LogP contribution is 2.32. The van der Waals surface area contributed by atoms with Crippen LogP contribution in [0.15, 0.2) is 83.3 Å². The second-order valence-corrected chi connectivity index (χ2v) is 7.18. The number of hydrogen-bond acceptors (Lipinski definition) is 4. The van der Waals surface area contributed by atoms with Crippen molar-refractivity contribution >= 4 is 34.2 Å². The zero-order valence-corrected chi connectivity index (χ0v) is 17.2. The predicted octanol–water partition coefficient (Wildman–Crippen LogP) is 5.40. The van der Waals surface area contributed by atoms with Gasteiger partial charge in [-0.1, -0.05) is 48.0 Å². The second-order valence-electron chi connectivity index (χ2n) is 7.18. The van der Waals surface area contributed by atoms with Crippen molar-refractivity contribution in [1.29, 1.82) is 0 Å². The van der Waals surface area contributed by atoms with Gasteiger partial charge in [-0.05, 0) is 50.2 Å². The van der Waals surface area contributed by atoms with E-state index in [2.05, 4.69) is 10.6 Å². The molecule has 2 amide bonds. The van der Waals surface area contributed by atoms with Gasteiger partial charge in [-0.15, -0.1) is 0 Å². The van der Waals surface area contributed by atoms with Crippen LogP contribution in [0.3, 0.4) is 0 Å². The highest BCUT2D eigenvalue weighted by molar-refractivity contribution is 6.14. The van der Waals surface area contributed by atoms with E-state index < -0.39 is 12.0 Å². The number of amides is 2. The van der Waals surface area contributed by atoms with Gasteiger partial charge in [-0.3, -0.25) is 9.59 Å². The zero-order valence-electron chi connectivity index (χ0n) is 17.2. The Balaban J connectivity index is 1.59. The Morgan fingerprint density at radius 1 is 0.871 bits per heavy atom. The maximum absolute atomic E-state index is 12.9. The Morgan fingerprint density at radius 2 is 1.55 bits per heavy atom. The Kier molecular flexibility index (Phi) is 5.71. The second kappa shape index (κ2) is 8.75. The van der Waals surface area contributed by atoms with Crippen LogP contribution in [-0.4, -0.2) is 17.9 Å². The van der Waals surface area contributed by atoms with Crippen LogP contribution in [-0.2, 0) is 4.79 Å². The highest BCUT2D eigenvalue weighted by atomic mass is 16.5. The maximum Gasteiger partial charge on any atom is 0.293 e. The minimum absolute atomic E-state index is 0.0297. The lowest BCUT2D eigenvalue weighted by Gasteiger charge is -2.15. The van der Waals surface area contributed by atoms with Gasteiger partial charge in [0.2, 0.25) is 5.76 Å². The van der Waals surface area contributed by atoms with E-state index in [0.717, 1.165) is 5.56 Å². The van der Waals surface area contributed by atoms with Crippen molar-refractivity contribution in [2.45, 2.75) is 20.0 Å². The van der Waals surface area contributed by atoms with Gasteiger partial charge in [0.15, 0.2) is 6.10 Å². The Hall–Kier alpha value is -4.06. The van der Waals surface area contributed by atoms with E-state index in [0.29, 0.717) is 28.1 Å². The first-order chi connectivity index (χ1) is 15.0. The molecule has 31 heavy (non-hydrogen) atoms. The number of anilines is 2. The molecule has 4 aromatic rings. The van der Waals surface area contributed by atoms with Gasteiger partial charge in [0, 0.05) is 11.1 Å². The Bertz CT molecular complexity index is 1210. The number of benzene rings is 3. The summed E-state index contributed by atoms with van der Waals surface area (Å²) >= 11 is 0. The number of carbonyl (C=O) groups is 2. The topological polar surface area (TPSA) is 80.6 Å². The monoisotopic (exact) mass is 414 g/mol. The smallest absolute Gasteiger partial charge is 0.293 e. The molecule has 0 saturated carbocycles. The summed E-state index contributed by atoms with van der Waals surface area (Å²) in [5.74, 6) is -0.228. The molecule has 0 aliphatic carbocycles. The maximum atomic E-state index is 12.9. The standard InChI is InChI=1S/C25H22N2O4/c1-16-12-14-18(15-13-16)26-25(29)23-22(20-10-6-7-11-21(20)31-23)27-24(28)17(2)30-19-8-4-3-5-9-19/h3-15,17H,1-2H3,(H,26,29)(H,27,28). The minimum Gasteiger partial charge on any atom is -0.481 e. The average Bonchev–Trinajstić information content (AvgIpc) is 3.14. The molecule has 4 rings (SSSR count). The molecular formula is C25H22N2O4. The molecule has 1 unspecified atom stereocenters. The van der Waals surface area contributed by atoms with Gasteiger partial charge in [0.25, 0.3) is 11.8 Å². The Morgan fingerprint density at radius 3 is 2.29 bits per heavy atom. The van der Waals surface area contributed by atoms with Crippen LogP contribution in [0.5, 0.6) is 5.75 Å². The van der Waals surface area contributed by atoms with Crippen molar-refractivity contribution < 1.29 is 18.7 Å². The molecule has 0 radical (unpaired) electrons. The number of hydrogen-bond donors (Lipinski definition) is 2. The summed E-state index contributed by atoms with van der Waals surface area (Å²) in [4.78, 5) is 25.8. The van der Waals surface area contributed by atoms with Crippen LogP contribution in [0.25, 0.3) is 11.0 Å². The van der Waals surface area contributed by atoms with E-state index in [-0.39, 0.29) is 11.7 Å². The molecule has 2 N–H and O–H groups in total. The molecule has 0 spiro atoms. The summed E-state index contributed by atoms with van der Waals surface area (Å²) in [6.45, 7) is 3.62. The third kappa shape index (κ3) is 4.59. The average molecular weight is 414 g/mol. The van der Waals surface area contributed by atoms with E-state index in [1.54, 1.807) is 37.3 Å². The summed E-state index contributed by atoms with van der Waals surface area (Å²) in [7, 11) is 0. The van der Waals surface area contributed by atoms with Gasteiger partial charge in [0.1, 0.15) is 17.0 Å². The number of para-hydroxylation sites is 2. The molecule has 156 valence electrons. The minimum atomic E-state index is -0.774. The predicted molar refractivity (Wildman–Crippen MR) is 121 cm³/mol. The molecule has 6 nitrogen and oxygen atoms in total. The first-order valence-electron chi connectivity index (χ1n) is 9.93. The van der Waals surface area contributed by atoms with Crippen molar-refractivity contribution in [3.63, 3.8) is 0 Å². The molecule has 3 aromatic carbocycles. The number of ether oxygens (including phenoxy) is 1. The number of carbonyl (C=O) groups excluding carboxylic acids is 2. The molecule has 1 aromatic heterocycles. The number of aryl methyl sites for hydroxylation is 1. The first-order valence-corrected chi connectivity index (χ1v) is 9.93. The van der Waals surface area contributed by atoms with Gasteiger partial charge >= 0.3 is 0 Å². The molecular weight excluding hydrogens is 392 g/mol. The van der Waals surface area contributed by atoms with E-state index >= 15 is 0 Å². The summed E-state index contributed by atoms with van der Waals surface area (Å²) in [5.41, 5.74) is 2.54. The summed E-state index contributed by atoms with van der Waals surface area (Å²) in [6, 6.07) is 23.7. The van der Waals surface area contributed by atoms with Crippen molar-refractivity contribution in [2.75, 3.05) is 10.6 Å². The van der Waals surface area contributed by atoms with E-state index in [9.17, 15) is 9.59 Å². The fourth-order valence-electron chi connectivity index (χ4n) is 3.14. The molecule has 0 aliphatic rings. The van der Waals surface area contributed by atoms with Crippen LogP contribution in [0.1, 0.15) is 23.0 Å². The SMILES string of the molecule is Cc1ccc(NC(=O)c2oc3ccccc3c2NC(=O)C(C)Oc2ccccc2)cc1. The normalized spacial score (nSPS) is 11.7. The number of nitrogens with one attached hydrogen (secondary N) is 2. The highest BCUT2D eigenvalue weighted by Gasteiger charge is 2.24. The first kappa shape index (κ1) is 20.2. The van der Waals surface area contributed by atoms with Crippen LogP contribution in [0.4, 0.5) is 11.4 Å². The van der Waals surface area contributed by atoms with E-state index in [1.807, 2.05) is 55.5 Å². The molecule has 0 bridgehead atoms. The third-order valence-electron chi connectivity index (χ3n) is 4.78. The van der Waals surface area contributed by atoms with Gasteiger partial charge < -0.3 is 19.8 Å². The van der Waals surface area contributed by atoms with Crippen LogP contribution < -0.4 is 15.4 Å². The number of rotatable bonds is 6. The zero-order chi connectivity index (χ0) is 21.8. The van der Waals surface area contributed by atoms with Crippen LogP contribution in [0.2, 0.25) is 0 Å². The van der Waals surface area contributed by atoms with Crippen LogP contribution in [0, 0.1) is 6.92 Å². The fraction of sp³-hybridized carbons (Fsp3) is 0.120. The van der Waals surface area contributed by atoms with Gasteiger partial charge in [-0.25, -0.2) is 0 Å². The number of furan rings is 1. The summed E-state index contributed by atoms with van der Waals surface area (Å²) in [5, 5.41) is 6.26. The van der Waals surface area contributed by atoms with Gasteiger partial charge in [-0.2, -0.15) is 0 Å². The van der Waals surface area contributed by atoms with Crippen LogP contribution >= 0.6 is 0 Å². The van der Waals surface area contributed by atoms with Crippen molar-refractivity contribution in [3.05, 3.63) is 90.2 Å². The number of fused-ring (bicyclic) bond motifs is 1. The molecule has 0 aliphatic heterocycles. The molecule has 6 heteroatoms. The van der Waals surface area contributed by atoms with Gasteiger partial charge in [0.05, 0.1) is 0 Å². The molecule has 1 atom stereocenters. The lowest BCUT2D eigenvalue weighted by atomic mass is 10.2. The summed E-state index contributed by atoms with van der Waals surface area (Å²) in [6.07, 6.45) is -0.774. The summed E-state index contributed by atoms with van der Waals surface area (Å²) < 4.78 is 11.5. The lowest BCUT2D eigenvalue weighted by molar-refractivity contribution is -0.122. The molecule has 1 heterocycles.